The van der Waals surface area contributed by atoms with Crippen LogP contribution in [0.4, 0.5) is 0 Å². The van der Waals surface area contributed by atoms with Crippen molar-refractivity contribution in [1.29, 1.82) is 0 Å². The molecule has 0 fully saturated rings. The molecule has 0 aromatic heterocycles. The largest absolute Gasteiger partial charge is 0.481 e. The molecule has 0 aliphatic carbocycles. The number of aliphatic hydroxyl groups is 1. The van der Waals surface area contributed by atoms with Crippen LogP contribution in [0.3, 0.4) is 0 Å². The number of carbonyl (C=O) groups is 3. The lowest BCUT2D eigenvalue weighted by atomic mass is 9.84. The van der Waals surface area contributed by atoms with E-state index in [1.165, 1.54) is 6.08 Å². The van der Waals surface area contributed by atoms with Crippen molar-refractivity contribution in [3.8, 4) is 0 Å². The summed E-state index contributed by atoms with van der Waals surface area (Å²) in [6.45, 7) is 1.94. The zero-order valence-electron chi connectivity index (χ0n) is 13.1. The van der Waals surface area contributed by atoms with Crippen LogP contribution in [-0.4, -0.2) is 43.9 Å². The monoisotopic (exact) mass is 328 g/mol. The Hall–Kier alpha value is -2.15. The molecule has 0 spiro atoms. The van der Waals surface area contributed by atoms with Gasteiger partial charge in [0.2, 0.25) is 0 Å². The Morgan fingerprint density at radius 2 is 1.57 bits per heavy atom. The first kappa shape index (κ1) is 20.9. The summed E-state index contributed by atoms with van der Waals surface area (Å²) in [5.41, 5.74) is -2.87. The van der Waals surface area contributed by atoms with Gasteiger partial charge in [0.1, 0.15) is 5.92 Å². The summed E-state index contributed by atoms with van der Waals surface area (Å²) < 4.78 is 0. The van der Waals surface area contributed by atoms with E-state index in [2.05, 4.69) is 6.08 Å². The molecule has 2 atom stereocenters. The van der Waals surface area contributed by atoms with Gasteiger partial charge in [-0.3, -0.25) is 9.59 Å². The first-order chi connectivity index (χ1) is 10.8. The van der Waals surface area contributed by atoms with Crippen molar-refractivity contribution in [3.63, 3.8) is 0 Å². The first-order valence-electron chi connectivity index (χ1n) is 7.44. The molecule has 0 bridgehead atoms. The summed E-state index contributed by atoms with van der Waals surface area (Å²) in [6, 6.07) is 0. The van der Waals surface area contributed by atoms with Crippen LogP contribution in [-0.2, 0) is 14.4 Å². The number of carboxylic acids is 3. The molecule has 7 heteroatoms. The van der Waals surface area contributed by atoms with E-state index in [4.69, 9.17) is 15.3 Å². The number of hydrogen-bond donors (Lipinski definition) is 4. The molecule has 0 amide bonds. The lowest BCUT2D eigenvalue weighted by molar-refractivity contribution is -0.175. The second kappa shape index (κ2) is 10.6. The molecule has 0 radical (unpaired) electrons. The van der Waals surface area contributed by atoms with Gasteiger partial charge in [-0.15, -0.1) is 0 Å². The SMILES string of the molecule is C/C=C/CCCCC/C=C/C(C(=O)O)C(O)(CC(=O)O)C(=O)O. The number of unbranched alkanes of at least 4 members (excludes halogenated alkanes) is 4. The number of hydrogen-bond acceptors (Lipinski definition) is 4. The van der Waals surface area contributed by atoms with E-state index in [0.29, 0.717) is 6.42 Å². The summed E-state index contributed by atoms with van der Waals surface area (Å²) in [4.78, 5) is 33.0. The number of aliphatic carboxylic acids is 3. The fourth-order valence-electron chi connectivity index (χ4n) is 2.10. The molecule has 0 saturated heterocycles. The minimum Gasteiger partial charge on any atom is -0.481 e. The Morgan fingerprint density at radius 3 is 2.00 bits per heavy atom. The minimum absolute atomic E-state index is 0.530. The molecular weight excluding hydrogens is 304 g/mol. The molecular formula is C16H24O7. The van der Waals surface area contributed by atoms with Crippen molar-refractivity contribution in [1.82, 2.24) is 0 Å². The zero-order valence-corrected chi connectivity index (χ0v) is 13.1. The lowest BCUT2D eigenvalue weighted by Crippen LogP contribution is -2.50. The molecule has 7 nitrogen and oxygen atoms in total. The normalized spacial score (nSPS) is 15.6. The highest BCUT2D eigenvalue weighted by atomic mass is 16.4. The molecule has 0 aliphatic rings. The molecule has 23 heavy (non-hydrogen) atoms. The Bertz CT molecular complexity index is 467. The van der Waals surface area contributed by atoms with Crippen LogP contribution >= 0.6 is 0 Å². The fourth-order valence-corrected chi connectivity index (χ4v) is 2.10. The maximum atomic E-state index is 11.2. The van der Waals surface area contributed by atoms with Crippen molar-refractivity contribution in [3.05, 3.63) is 24.3 Å². The third kappa shape index (κ3) is 7.60. The first-order valence-corrected chi connectivity index (χ1v) is 7.44. The van der Waals surface area contributed by atoms with Crippen molar-refractivity contribution < 1.29 is 34.8 Å². The van der Waals surface area contributed by atoms with E-state index >= 15 is 0 Å². The van der Waals surface area contributed by atoms with Gasteiger partial charge in [-0.2, -0.15) is 0 Å². The fraction of sp³-hybridized carbons (Fsp3) is 0.562. The Balaban J connectivity index is 4.71. The number of allylic oxidation sites excluding steroid dienone is 3. The summed E-state index contributed by atoms with van der Waals surface area (Å²) >= 11 is 0. The van der Waals surface area contributed by atoms with Crippen LogP contribution in [0.15, 0.2) is 24.3 Å². The molecule has 0 aromatic rings. The van der Waals surface area contributed by atoms with Gasteiger partial charge in [0.15, 0.2) is 5.60 Å². The third-order valence-electron chi connectivity index (χ3n) is 3.38. The van der Waals surface area contributed by atoms with Crippen molar-refractivity contribution in [2.45, 2.75) is 51.0 Å². The van der Waals surface area contributed by atoms with Crippen LogP contribution in [0.5, 0.6) is 0 Å². The molecule has 0 aliphatic heterocycles. The maximum absolute atomic E-state index is 11.2. The van der Waals surface area contributed by atoms with E-state index < -0.39 is 35.8 Å². The number of rotatable bonds is 12. The van der Waals surface area contributed by atoms with Crippen molar-refractivity contribution in [2.75, 3.05) is 0 Å². The van der Waals surface area contributed by atoms with E-state index in [1.54, 1.807) is 0 Å². The van der Waals surface area contributed by atoms with Crippen LogP contribution < -0.4 is 0 Å². The molecule has 0 heterocycles. The third-order valence-corrected chi connectivity index (χ3v) is 3.38. The molecule has 4 N–H and O–H groups in total. The zero-order chi connectivity index (χ0) is 17.9. The van der Waals surface area contributed by atoms with Gasteiger partial charge in [0.25, 0.3) is 0 Å². The predicted octanol–water partition coefficient (Wildman–Crippen LogP) is 2.06. The van der Waals surface area contributed by atoms with E-state index in [0.717, 1.165) is 31.8 Å². The molecule has 0 aromatic carbocycles. The van der Waals surface area contributed by atoms with Gasteiger partial charge in [0, 0.05) is 0 Å². The second-order valence-electron chi connectivity index (χ2n) is 5.25. The second-order valence-corrected chi connectivity index (χ2v) is 5.25. The van der Waals surface area contributed by atoms with Gasteiger partial charge in [0.05, 0.1) is 6.42 Å². The van der Waals surface area contributed by atoms with Gasteiger partial charge in [-0.25, -0.2) is 4.79 Å². The lowest BCUT2D eigenvalue weighted by Gasteiger charge is -2.26. The van der Waals surface area contributed by atoms with Gasteiger partial charge in [-0.05, 0) is 32.6 Å². The van der Waals surface area contributed by atoms with Crippen LogP contribution in [0, 0.1) is 5.92 Å². The quantitative estimate of drug-likeness (QED) is 0.318. The molecule has 130 valence electrons. The standard InChI is InChI=1S/C16H24O7/c1-2-3-4-5-6-7-8-9-10-12(14(19)20)16(23,15(21)22)11-13(17)18/h2-3,9-10,12,23H,4-8,11H2,1H3,(H,17,18)(H,19,20)(H,21,22)/b3-2+,10-9+. The summed E-state index contributed by atoms with van der Waals surface area (Å²) in [7, 11) is 0. The van der Waals surface area contributed by atoms with E-state index in [9.17, 15) is 19.5 Å². The predicted molar refractivity (Wildman–Crippen MR) is 83.0 cm³/mol. The highest BCUT2D eigenvalue weighted by molar-refractivity contribution is 5.90. The van der Waals surface area contributed by atoms with Crippen molar-refractivity contribution >= 4 is 17.9 Å². The van der Waals surface area contributed by atoms with Gasteiger partial charge < -0.3 is 20.4 Å². The highest BCUT2D eigenvalue weighted by Crippen LogP contribution is 2.25. The summed E-state index contributed by atoms with van der Waals surface area (Å²) in [5.74, 6) is -6.86. The topological polar surface area (TPSA) is 132 Å². The van der Waals surface area contributed by atoms with Crippen LogP contribution in [0.1, 0.15) is 45.4 Å². The van der Waals surface area contributed by atoms with E-state index in [-0.39, 0.29) is 0 Å². The molecule has 2 unspecified atom stereocenters. The van der Waals surface area contributed by atoms with Crippen LogP contribution in [0.25, 0.3) is 0 Å². The summed E-state index contributed by atoms with van der Waals surface area (Å²) in [6.07, 6.45) is 9.59. The minimum atomic E-state index is -2.87. The Morgan fingerprint density at radius 1 is 1.00 bits per heavy atom. The highest BCUT2D eigenvalue weighted by Gasteiger charge is 2.48. The average molecular weight is 328 g/mol. The molecule has 0 rings (SSSR count). The van der Waals surface area contributed by atoms with Gasteiger partial charge >= 0.3 is 17.9 Å². The maximum Gasteiger partial charge on any atom is 0.337 e. The summed E-state index contributed by atoms with van der Waals surface area (Å²) in [5, 5.41) is 36.8. The smallest absolute Gasteiger partial charge is 0.337 e. The Labute approximate surface area is 134 Å². The van der Waals surface area contributed by atoms with Gasteiger partial charge in [-0.1, -0.05) is 30.7 Å². The Kier molecular flexibility index (Phi) is 9.57. The molecule has 0 saturated carbocycles. The van der Waals surface area contributed by atoms with E-state index in [1.807, 2.05) is 13.0 Å². The average Bonchev–Trinajstić information content (AvgIpc) is 2.44. The number of carboxylic acid groups (broad SMARTS) is 3. The van der Waals surface area contributed by atoms with Crippen molar-refractivity contribution in [2.24, 2.45) is 5.92 Å². The van der Waals surface area contributed by atoms with Crippen LogP contribution in [0.2, 0.25) is 0 Å².